The zero-order valence-corrected chi connectivity index (χ0v) is 11.4. The maximum absolute atomic E-state index is 12.7. The molecule has 1 heterocycles. The third-order valence-corrected chi connectivity index (χ3v) is 3.80. The molecular formula is C14H17F3N2O2. The summed E-state index contributed by atoms with van der Waals surface area (Å²) in [6.07, 6.45) is -1.18. The minimum Gasteiger partial charge on any atom is -0.388 e. The van der Waals surface area contributed by atoms with E-state index in [0.29, 0.717) is 12.0 Å². The fourth-order valence-electron chi connectivity index (χ4n) is 2.63. The molecule has 0 bridgehead atoms. The number of nitrogens with zero attached hydrogens (tertiary/aromatic N) is 1. The summed E-state index contributed by atoms with van der Waals surface area (Å²) in [6.45, 7) is -0.180. The average Bonchev–Trinajstić information content (AvgIpc) is 2.45. The van der Waals surface area contributed by atoms with Crippen LogP contribution in [0.3, 0.4) is 0 Å². The molecule has 4 nitrogen and oxygen atoms in total. The molecule has 0 aliphatic heterocycles. The second kappa shape index (κ2) is 6.01. The van der Waals surface area contributed by atoms with Gasteiger partial charge < -0.3 is 10.4 Å². The number of halogens is 3. The molecule has 1 saturated carbocycles. The van der Waals surface area contributed by atoms with E-state index in [-0.39, 0.29) is 25.8 Å². The summed E-state index contributed by atoms with van der Waals surface area (Å²) in [6, 6.07) is 3.00. The Morgan fingerprint density at radius 3 is 2.71 bits per heavy atom. The van der Waals surface area contributed by atoms with Crippen LogP contribution < -0.4 is 5.32 Å². The topological polar surface area (TPSA) is 62.2 Å². The highest BCUT2D eigenvalue weighted by Crippen LogP contribution is 2.41. The predicted molar refractivity (Wildman–Crippen MR) is 69.5 cm³/mol. The van der Waals surface area contributed by atoms with Gasteiger partial charge in [-0.15, -0.1) is 0 Å². The standard InChI is InChI=1S/C14H17F3N2O2/c15-14(16,17)11-2-1-5-13(21,8-11)9-19-12(20)10-3-6-18-7-4-10/h3-4,6-7,11,21H,1-2,5,8-9H2,(H,19,20)/t11-,13-/m0/s1. The van der Waals surface area contributed by atoms with Gasteiger partial charge in [0.1, 0.15) is 0 Å². The zero-order chi connectivity index (χ0) is 15.5. The third-order valence-electron chi connectivity index (χ3n) is 3.80. The van der Waals surface area contributed by atoms with Crippen LogP contribution in [0.1, 0.15) is 36.0 Å². The first-order chi connectivity index (χ1) is 9.80. The molecular weight excluding hydrogens is 285 g/mol. The Bertz CT molecular complexity index is 493. The van der Waals surface area contributed by atoms with E-state index in [1.807, 2.05) is 0 Å². The molecule has 2 N–H and O–H groups in total. The van der Waals surface area contributed by atoms with Crippen LogP contribution in [-0.4, -0.2) is 34.3 Å². The molecule has 1 fully saturated rings. The second-order valence-corrected chi connectivity index (χ2v) is 5.48. The molecule has 1 aromatic heterocycles. The Hall–Kier alpha value is -1.63. The molecule has 116 valence electrons. The summed E-state index contributed by atoms with van der Waals surface area (Å²) in [4.78, 5) is 15.6. The summed E-state index contributed by atoms with van der Waals surface area (Å²) < 4.78 is 38.2. The lowest BCUT2D eigenvalue weighted by Crippen LogP contribution is -2.48. The summed E-state index contributed by atoms with van der Waals surface area (Å²) in [7, 11) is 0. The highest BCUT2D eigenvalue weighted by Gasteiger charge is 2.46. The number of alkyl halides is 3. The molecule has 0 radical (unpaired) electrons. The fraction of sp³-hybridized carbons (Fsp3) is 0.571. The van der Waals surface area contributed by atoms with Gasteiger partial charge in [-0.25, -0.2) is 0 Å². The molecule has 2 rings (SSSR count). The monoisotopic (exact) mass is 302 g/mol. The number of nitrogens with one attached hydrogen (secondary N) is 1. The molecule has 7 heteroatoms. The van der Waals surface area contributed by atoms with Crippen LogP contribution in [0.5, 0.6) is 0 Å². The first-order valence-corrected chi connectivity index (χ1v) is 6.77. The third kappa shape index (κ3) is 4.17. The normalized spacial score (nSPS) is 26.4. The molecule has 2 atom stereocenters. The van der Waals surface area contributed by atoms with Crippen LogP contribution in [0.25, 0.3) is 0 Å². The second-order valence-electron chi connectivity index (χ2n) is 5.48. The van der Waals surface area contributed by atoms with Crippen molar-refractivity contribution < 1.29 is 23.1 Å². The average molecular weight is 302 g/mol. The lowest BCUT2D eigenvalue weighted by molar-refractivity contribution is -0.199. The van der Waals surface area contributed by atoms with Crippen LogP contribution in [-0.2, 0) is 0 Å². The van der Waals surface area contributed by atoms with E-state index in [0.717, 1.165) is 0 Å². The minimum absolute atomic E-state index is 0.0319. The summed E-state index contributed by atoms with van der Waals surface area (Å²) in [5, 5.41) is 12.8. The van der Waals surface area contributed by atoms with E-state index in [2.05, 4.69) is 10.3 Å². The Morgan fingerprint density at radius 1 is 1.43 bits per heavy atom. The maximum atomic E-state index is 12.7. The number of hydrogen-bond donors (Lipinski definition) is 2. The maximum Gasteiger partial charge on any atom is 0.391 e. The quantitative estimate of drug-likeness (QED) is 0.900. The van der Waals surface area contributed by atoms with E-state index < -0.39 is 23.6 Å². The first-order valence-electron chi connectivity index (χ1n) is 6.77. The van der Waals surface area contributed by atoms with Crippen LogP contribution in [0.4, 0.5) is 13.2 Å². The molecule has 1 aliphatic rings. The van der Waals surface area contributed by atoms with Gasteiger partial charge in [0.2, 0.25) is 0 Å². The fourth-order valence-corrected chi connectivity index (χ4v) is 2.63. The number of rotatable bonds is 3. The van der Waals surface area contributed by atoms with Gasteiger partial charge in [0.15, 0.2) is 0 Å². The molecule has 1 amide bonds. The van der Waals surface area contributed by atoms with Gasteiger partial charge >= 0.3 is 6.18 Å². The minimum atomic E-state index is -4.30. The summed E-state index contributed by atoms with van der Waals surface area (Å²) in [5.74, 6) is -1.94. The van der Waals surface area contributed by atoms with Gasteiger partial charge in [0.25, 0.3) is 5.91 Å². The molecule has 21 heavy (non-hydrogen) atoms. The van der Waals surface area contributed by atoms with Crippen molar-refractivity contribution in [1.29, 1.82) is 0 Å². The lowest BCUT2D eigenvalue weighted by Gasteiger charge is -2.37. The Morgan fingerprint density at radius 2 is 2.10 bits per heavy atom. The number of carbonyl (C=O) groups excluding carboxylic acids is 1. The lowest BCUT2D eigenvalue weighted by atomic mass is 9.77. The Balaban J connectivity index is 1.94. The highest BCUT2D eigenvalue weighted by molar-refractivity contribution is 5.93. The van der Waals surface area contributed by atoms with Gasteiger partial charge in [-0.2, -0.15) is 13.2 Å². The number of pyridine rings is 1. The van der Waals surface area contributed by atoms with Crippen molar-refractivity contribution in [3.05, 3.63) is 30.1 Å². The van der Waals surface area contributed by atoms with E-state index in [9.17, 15) is 23.1 Å². The van der Waals surface area contributed by atoms with Crippen LogP contribution in [0, 0.1) is 5.92 Å². The number of hydrogen-bond acceptors (Lipinski definition) is 3. The molecule has 0 unspecified atom stereocenters. The van der Waals surface area contributed by atoms with Crippen molar-refractivity contribution >= 4 is 5.91 Å². The SMILES string of the molecule is O=C(NC[C@]1(O)CCC[C@H](C(F)(F)F)C1)c1ccncc1. The Kier molecular flexibility index (Phi) is 4.51. The van der Waals surface area contributed by atoms with Gasteiger partial charge in [-0.05, 0) is 37.8 Å². The predicted octanol–water partition coefficient (Wildman–Crippen LogP) is 2.29. The molecule has 0 saturated heterocycles. The van der Waals surface area contributed by atoms with E-state index in [4.69, 9.17) is 0 Å². The number of amides is 1. The number of carbonyl (C=O) groups is 1. The van der Waals surface area contributed by atoms with Crippen molar-refractivity contribution in [2.24, 2.45) is 5.92 Å². The van der Waals surface area contributed by atoms with Crippen molar-refractivity contribution in [3.63, 3.8) is 0 Å². The van der Waals surface area contributed by atoms with Crippen LogP contribution in [0.15, 0.2) is 24.5 Å². The van der Waals surface area contributed by atoms with Gasteiger partial charge in [0, 0.05) is 24.5 Å². The van der Waals surface area contributed by atoms with Gasteiger partial charge in [0.05, 0.1) is 11.5 Å². The first kappa shape index (κ1) is 15.8. The largest absolute Gasteiger partial charge is 0.391 e. The van der Waals surface area contributed by atoms with Crippen molar-refractivity contribution in [1.82, 2.24) is 10.3 Å². The van der Waals surface area contributed by atoms with Crippen LogP contribution in [0.2, 0.25) is 0 Å². The molecule has 0 aromatic carbocycles. The highest BCUT2D eigenvalue weighted by atomic mass is 19.4. The van der Waals surface area contributed by atoms with Gasteiger partial charge in [-0.3, -0.25) is 9.78 Å². The van der Waals surface area contributed by atoms with Crippen molar-refractivity contribution in [3.8, 4) is 0 Å². The van der Waals surface area contributed by atoms with Crippen LogP contribution >= 0.6 is 0 Å². The zero-order valence-electron chi connectivity index (χ0n) is 11.4. The molecule has 1 aliphatic carbocycles. The number of aliphatic hydroxyl groups is 1. The van der Waals surface area contributed by atoms with E-state index in [1.165, 1.54) is 24.5 Å². The van der Waals surface area contributed by atoms with Crippen molar-refractivity contribution in [2.75, 3.05) is 6.54 Å². The molecule has 1 aromatic rings. The van der Waals surface area contributed by atoms with Gasteiger partial charge in [-0.1, -0.05) is 0 Å². The Labute approximate surface area is 120 Å². The van der Waals surface area contributed by atoms with E-state index >= 15 is 0 Å². The van der Waals surface area contributed by atoms with Crippen molar-refractivity contribution in [2.45, 2.75) is 37.5 Å². The number of aromatic nitrogens is 1. The molecule has 0 spiro atoms. The smallest absolute Gasteiger partial charge is 0.388 e. The summed E-state index contributed by atoms with van der Waals surface area (Å²) >= 11 is 0. The van der Waals surface area contributed by atoms with E-state index in [1.54, 1.807) is 0 Å². The summed E-state index contributed by atoms with van der Waals surface area (Å²) in [5.41, 5.74) is -1.14.